The summed E-state index contributed by atoms with van der Waals surface area (Å²) in [6.07, 6.45) is 1.43. The van der Waals surface area contributed by atoms with Crippen molar-refractivity contribution in [2.45, 2.75) is 0 Å². The van der Waals surface area contributed by atoms with Crippen molar-refractivity contribution in [3.05, 3.63) is 29.7 Å². The zero-order valence-electron chi connectivity index (χ0n) is 7.41. The van der Waals surface area contributed by atoms with Crippen LogP contribution in [0.5, 0.6) is 0 Å². The lowest BCUT2D eigenvalue weighted by atomic mass is 10.4. The first-order chi connectivity index (χ1) is 7.08. The van der Waals surface area contributed by atoms with Gasteiger partial charge >= 0.3 is 5.97 Å². The second-order valence-corrected chi connectivity index (χ2v) is 2.81. The Hall–Kier alpha value is -2.44. The molecular weight excluding hydrogens is 200 g/mol. The molecule has 0 saturated carbocycles. The van der Waals surface area contributed by atoms with E-state index in [9.17, 15) is 9.59 Å². The van der Waals surface area contributed by atoms with E-state index >= 15 is 0 Å². The lowest BCUT2D eigenvalue weighted by Gasteiger charge is -1.94. The normalized spacial score (nSPS) is 10.4. The molecule has 3 N–H and O–H groups in total. The number of carboxylic acid groups (broad SMARTS) is 1. The fourth-order valence-corrected chi connectivity index (χ4v) is 1.12. The molecule has 15 heavy (non-hydrogen) atoms. The van der Waals surface area contributed by atoms with Crippen LogP contribution < -0.4 is 5.73 Å². The summed E-state index contributed by atoms with van der Waals surface area (Å²) >= 11 is 0. The number of amides is 1. The lowest BCUT2D eigenvalue weighted by Crippen LogP contribution is -2.13. The van der Waals surface area contributed by atoms with Crippen molar-refractivity contribution in [1.82, 2.24) is 14.6 Å². The molecule has 76 valence electrons. The van der Waals surface area contributed by atoms with Gasteiger partial charge in [0.15, 0.2) is 11.3 Å². The van der Waals surface area contributed by atoms with Crippen LogP contribution in [0.2, 0.25) is 0 Å². The minimum Gasteiger partial charge on any atom is -0.476 e. The Labute approximate surface area is 83.1 Å². The highest BCUT2D eigenvalue weighted by molar-refractivity contribution is 5.91. The molecule has 0 spiro atoms. The van der Waals surface area contributed by atoms with Crippen LogP contribution >= 0.6 is 0 Å². The predicted octanol–water partition coefficient (Wildman–Crippen LogP) is -0.474. The Morgan fingerprint density at radius 1 is 1.40 bits per heavy atom. The van der Waals surface area contributed by atoms with Gasteiger partial charge in [-0.25, -0.2) is 14.3 Å². The van der Waals surface area contributed by atoms with E-state index < -0.39 is 11.9 Å². The fourth-order valence-electron chi connectivity index (χ4n) is 1.12. The number of primary amides is 1. The SMILES string of the molecule is NC(=O)c1ccn2nc(C(=O)O)cc2n1. The molecule has 2 rings (SSSR count). The highest BCUT2D eigenvalue weighted by Crippen LogP contribution is 2.04. The van der Waals surface area contributed by atoms with E-state index in [4.69, 9.17) is 10.8 Å². The first-order valence-electron chi connectivity index (χ1n) is 3.97. The molecule has 0 unspecified atom stereocenters. The summed E-state index contributed by atoms with van der Waals surface area (Å²) in [6, 6.07) is 2.63. The molecule has 1 amide bonds. The monoisotopic (exact) mass is 206 g/mol. The van der Waals surface area contributed by atoms with Crippen molar-refractivity contribution in [2.75, 3.05) is 0 Å². The van der Waals surface area contributed by atoms with Gasteiger partial charge in [-0.1, -0.05) is 0 Å². The van der Waals surface area contributed by atoms with Crippen molar-refractivity contribution in [1.29, 1.82) is 0 Å². The number of nitrogens with two attached hydrogens (primary N) is 1. The number of hydrogen-bond acceptors (Lipinski definition) is 4. The fraction of sp³-hybridized carbons (Fsp3) is 0. The van der Waals surface area contributed by atoms with E-state index in [2.05, 4.69) is 10.1 Å². The number of aromatic carboxylic acids is 1. The molecule has 0 aliphatic carbocycles. The van der Waals surface area contributed by atoms with E-state index in [1.165, 1.54) is 22.8 Å². The van der Waals surface area contributed by atoms with Crippen LogP contribution in [-0.4, -0.2) is 31.6 Å². The maximum Gasteiger partial charge on any atom is 0.356 e. The van der Waals surface area contributed by atoms with Gasteiger partial charge in [0.2, 0.25) is 0 Å². The summed E-state index contributed by atoms with van der Waals surface area (Å²) in [6.45, 7) is 0. The van der Waals surface area contributed by atoms with Crippen LogP contribution in [0.1, 0.15) is 21.0 Å². The summed E-state index contributed by atoms with van der Waals surface area (Å²) in [5.74, 6) is -1.82. The number of aromatic nitrogens is 3. The van der Waals surface area contributed by atoms with Crippen molar-refractivity contribution >= 4 is 17.5 Å². The summed E-state index contributed by atoms with van der Waals surface area (Å²) in [7, 11) is 0. The predicted molar refractivity (Wildman–Crippen MR) is 48.5 cm³/mol. The minimum atomic E-state index is -1.15. The molecule has 2 aromatic heterocycles. The summed E-state index contributed by atoms with van der Waals surface area (Å²) in [5, 5.41) is 12.4. The van der Waals surface area contributed by atoms with E-state index in [1.807, 2.05) is 0 Å². The van der Waals surface area contributed by atoms with Crippen LogP contribution in [0.15, 0.2) is 18.3 Å². The largest absolute Gasteiger partial charge is 0.476 e. The minimum absolute atomic E-state index is 0.0688. The smallest absolute Gasteiger partial charge is 0.356 e. The van der Waals surface area contributed by atoms with E-state index in [-0.39, 0.29) is 17.0 Å². The van der Waals surface area contributed by atoms with Gasteiger partial charge in [0.05, 0.1) is 0 Å². The average molecular weight is 206 g/mol. The number of nitrogens with zero attached hydrogens (tertiary/aromatic N) is 3. The van der Waals surface area contributed by atoms with E-state index in [0.717, 1.165) is 0 Å². The maximum atomic E-state index is 10.8. The number of carbonyl (C=O) groups excluding carboxylic acids is 1. The van der Waals surface area contributed by atoms with Crippen molar-refractivity contribution in [2.24, 2.45) is 5.73 Å². The summed E-state index contributed by atoms with van der Waals surface area (Å²) in [4.78, 5) is 25.2. The Bertz CT molecular complexity index is 548. The highest BCUT2D eigenvalue weighted by atomic mass is 16.4. The van der Waals surface area contributed by atoms with Crippen LogP contribution in [0.25, 0.3) is 5.65 Å². The third kappa shape index (κ3) is 1.50. The third-order valence-electron chi connectivity index (χ3n) is 1.80. The number of hydrogen-bond donors (Lipinski definition) is 2. The van der Waals surface area contributed by atoms with Gasteiger partial charge in [0.25, 0.3) is 5.91 Å². The van der Waals surface area contributed by atoms with Gasteiger partial charge in [0, 0.05) is 12.3 Å². The lowest BCUT2D eigenvalue weighted by molar-refractivity contribution is 0.0690. The van der Waals surface area contributed by atoms with Crippen LogP contribution in [0.3, 0.4) is 0 Å². The third-order valence-corrected chi connectivity index (χ3v) is 1.80. The zero-order chi connectivity index (χ0) is 11.0. The highest BCUT2D eigenvalue weighted by Gasteiger charge is 2.10. The molecule has 7 nitrogen and oxygen atoms in total. The summed E-state index contributed by atoms with van der Waals surface area (Å²) in [5.41, 5.74) is 5.23. The molecule has 7 heteroatoms. The Kier molecular flexibility index (Phi) is 1.86. The van der Waals surface area contributed by atoms with Gasteiger partial charge in [-0.3, -0.25) is 4.79 Å². The van der Waals surface area contributed by atoms with Gasteiger partial charge in [-0.05, 0) is 6.07 Å². The number of fused-ring (bicyclic) bond motifs is 1. The topological polar surface area (TPSA) is 111 Å². The molecular formula is C8H6N4O3. The van der Waals surface area contributed by atoms with Crippen LogP contribution in [0, 0.1) is 0 Å². The molecule has 2 heterocycles. The quantitative estimate of drug-likeness (QED) is 0.689. The first-order valence-corrected chi connectivity index (χ1v) is 3.97. The molecule has 0 aliphatic rings. The Morgan fingerprint density at radius 3 is 2.73 bits per heavy atom. The van der Waals surface area contributed by atoms with E-state index in [0.29, 0.717) is 0 Å². The zero-order valence-corrected chi connectivity index (χ0v) is 7.41. The van der Waals surface area contributed by atoms with Crippen LogP contribution in [0.4, 0.5) is 0 Å². The maximum absolute atomic E-state index is 10.8. The standard InChI is InChI=1S/C8H6N4O3/c9-7(13)4-1-2-12-6(10-4)3-5(11-12)8(14)15/h1-3H,(H2,9,13)(H,14,15). The Balaban J connectivity index is 2.62. The van der Waals surface area contributed by atoms with E-state index in [1.54, 1.807) is 0 Å². The molecule has 0 fully saturated rings. The molecule has 0 aromatic carbocycles. The van der Waals surface area contributed by atoms with Gasteiger partial charge < -0.3 is 10.8 Å². The van der Waals surface area contributed by atoms with Gasteiger partial charge in [-0.15, -0.1) is 0 Å². The second-order valence-electron chi connectivity index (χ2n) is 2.81. The number of carboxylic acids is 1. The first kappa shape index (κ1) is 9.13. The summed E-state index contributed by atoms with van der Waals surface area (Å²) < 4.78 is 1.26. The molecule has 0 saturated heterocycles. The van der Waals surface area contributed by atoms with Crippen LogP contribution in [-0.2, 0) is 0 Å². The molecule has 0 aliphatic heterocycles. The number of rotatable bonds is 2. The van der Waals surface area contributed by atoms with Crippen molar-refractivity contribution in [3.63, 3.8) is 0 Å². The number of carbonyl (C=O) groups is 2. The average Bonchev–Trinajstić information content (AvgIpc) is 2.59. The second kappa shape index (κ2) is 3.05. The van der Waals surface area contributed by atoms with Crippen molar-refractivity contribution < 1.29 is 14.7 Å². The molecule has 0 radical (unpaired) electrons. The Morgan fingerprint density at radius 2 is 2.13 bits per heavy atom. The molecule has 0 bridgehead atoms. The molecule has 2 aromatic rings. The van der Waals surface area contributed by atoms with Gasteiger partial charge in [0.1, 0.15) is 5.69 Å². The van der Waals surface area contributed by atoms with Crippen molar-refractivity contribution in [3.8, 4) is 0 Å². The molecule has 0 atom stereocenters. The van der Waals surface area contributed by atoms with Gasteiger partial charge in [-0.2, -0.15) is 5.10 Å².